The molecule has 2 unspecified atom stereocenters. The molecule has 0 spiro atoms. The molecule has 3 rings (SSSR count). The first-order valence-electron chi connectivity index (χ1n) is 7.64. The van der Waals surface area contributed by atoms with E-state index in [1.807, 2.05) is 0 Å². The van der Waals surface area contributed by atoms with Gasteiger partial charge in [0, 0.05) is 12.6 Å². The van der Waals surface area contributed by atoms with Gasteiger partial charge in [-0.2, -0.15) is 0 Å². The Morgan fingerprint density at radius 3 is 2.72 bits per heavy atom. The maximum absolute atomic E-state index is 3.79. The van der Waals surface area contributed by atoms with Crippen LogP contribution in [0.15, 0.2) is 24.3 Å². The molecule has 98 valence electrons. The summed E-state index contributed by atoms with van der Waals surface area (Å²) in [6, 6.07) is 9.78. The summed E-state index contributed by atoms with van der Waals surface area (Å²) in [5.74, 6) is 1.78. The van der Waals surface area contributed by atoms with Crippen LogP contribution in [0, 0.1) is 5.92 Å². The first-order valence-corrected chi connectivity index (χ1v) is 7.64. The average molecular weight is 243 g/mol. The van der Waals surface area contributed by atoms with Crippen molar-refractivity contribution >= 4 is 0 Å². The minimum atomic E-state index is 0.751. The maximum Gasteiger partial charge on any atom is 0.0210 e. The Morgan fingerprint density at radius 2 is 1.94 bits per heavy atom. The fourth-order valence-electron chi connectivity index (χ4n) is 3.36. The van der Waals surface area contributed by atoms with E-state index in [-0.39, 0.29) is 0 Å². The van der Waals surface area contributed by atoms with E-state index in [1.54, 1.807) is 11.1 Å². The summed E-state index contributed by atoms with van der Waals surface area (Å²) < 4.78 is 0. The van der Waals surface area contributed by atoms with Crippen molar-refractivity contribution in [1.82, 2.24) is 5.32 Å². The molecule has 2 aliphatic rings. The van der Waals surface area contributed by atoms with Crippen molar-refractivity contribution in [2.45, 2.75) is 64.0 Å². The fourth-order valence-corrected chi connectivity index (χ4v) is 3.36. The van der Waals surface area contributed by atoms with Crippen LogP contribution in [-0.2, 0) is 6.54 Å². The molecule has 0 amide bonds. The van der Waals surface area contributed by atoms with Crippen LogP contribution < -0.4 is 5.32 Å². The molecule has 1 aromatic rings. The fraction of sp³-hybridized carbons (Fsp3) is 0.647. The van der Waals surface area contributed by atoms with Gasteiger partial charge < -0.3 is 5.32 Å². The second kappa shape index (κ2) is 5.44. The Balaban J connectivity index is 1.59. The van der Waals surface area contributed by atoms with Crippen LogP contribution >= 0.6 is 0 Å². The van der Waals surface area contributed by atoms with E-state index >= 15 is 0 Å². The van der Waals surface area contributed by atoms with Crippen molar-refractivity contribution in [2.24, 2.45) is 5.92 Å². The van der Waals surface area contributed by atoms with Crippen molar-refractivity contribution in [3.05, 3.63) is 35.4 Å². The highest BCUT2D eigenvalue weighted by Crippen LogP contribution is 2.41. The molecular weight excluding hydrogens is 218 g/mol. The third kappa shape index (κ3) is 2.95. The topological polar surface area (TPSA) is 12.0 Å². The van der Waals surface area contributed by atoms with E-state index in [0.29, 0.717) is 0 Å². The van der Waals surface area contributed by atoms with E-state index in [9.17, 15) is 0 Å². The molecule has 0 aromatic heterocycles. The maximum atomic E-state index is 3.79. The van der Waals surface area contributed by atoms with Gasteiger partial charge in [0.15, 0.2) is 0 Å². The lowest BCUT2D eigenvalue weighted by Gasteiger charge is -2.28. The minimum absolute atomic E-state index is 0.751. The monoisotopic (exact) mass is 243 g/mol. The van der Waals surface area contributed by atoms with Crippen LogP contribution in [0.3, 0.4) is 0 Å². The van der Waals surface area contributed by atoms with Crippen LogP contribution in [0.25, 0.3) is 0 Å². The normalized spacial score (nSPS) is 28.3. The third-order valence-electron chi connectivity index (χ3n) is 4.59. The molecule has 0 bridgehead atoms. The molecule has 0 radical (unpaired) electrons. The highest BCUT2D eigenvalue weighted by molar-refractivity contribution is 5.33. The summed E-state index contributed by atoms with van der Waals surface area (Å²) in [6.45, 7) is 3.47. The lowest BCUT2D eigenvalue weighted by Crippen LogP contribution is -2.33. The molecule has 2 fully saturated rings. The highest BCUT2D eigenvalue weighted by atomic mass is 14.9. The van der Waals surface area contributed by atoms with Crippen LogP contribution in [0.1, 0.15) is 62.5 Å². The third-order valence-corrected chi connectivity index (χ3v) is 4.59. The standard InChI is InChI=1S/C17H25N/c1-13-5-4-7-16(11-13)18-12-15-6-2-3-8-17(15)14-9-10-14/h2-3,6,8,13-14,16,18H,4-5,7,9-12H2,1H3. The minimum Gasteiger partial charge on any atom is -0.310 e. The van der Waals surface area contributed by atoms with Crippen LogP contribution in [0.5, 0.6) is 0 Å². The molecule has 0 aliphatic heterocycles. The van der Waals surface area contributed by atoms with Crippen LogP contribution in [-0.4, -0.2) is 6.04 Å². The number of nitrogens with one attached hydrogen (secondary N) is 1. The summed E-state index contributed by atoms with van der Waals surface area (Å²) >= 11 is 0. The van der Waals surface area contributed by atoms with E-state index in [2.05, 4.69) is 36.5 Å². The van der Waals surface area contributed by atoms with Gasteiger partial charge in [-0.15, -0.1) is 0 Å². The molecule has 0 saturated heterocycles. The molecule has 2 aliphatic carbocycles. The van der Waals surface area contributed by atoms with Gasteiger partial charge in [-0.05, 0) is 48.6 Å². The van der Waals surface area contributed by atoms with Gasteiger partial charge in [0.05, 0.1) is 0 Å². The summed E-state index contributed by atoms with van der Waals surface area (Å²) in [7, 11) is 0. The van der Waals surface area contributed by atoms with Crippen molar-refractivity contribution in [3.8, 4) is 0 Å². The Labute approximate surface area is 111 Å². The largest absolute Gasteiger partial charge is 0.310 e. The van der Waals surface area contributed by atoms with Gasteiger partial charge >= 0.3 is 0 Å². The number of benzene rings is 1. The van der Waals surface area contributed by atoms with E-state index in [4.69, 9.17) is 0 Å². The van der Waals surface area contributed by atoms with Gasteiger partial charge in [0.2, 0.25) is 0 Å². The summed E-state index contributed by atoms with van der Waals surface area (Å²) in [6.07, 6.45) is 8.37. The first kappa shape index (κ1) is 12.2. The van der Waals surface area contributed by atoms with E-state index < -0.39 is 0 Å². The van der Waals surface area contributed by atoms with Gasteiger partial charge in [-0.25, -0.2) is 0 Å². The predicted molar refractivity (Wildman–Crippen MR) is 76.7 cm³/mol. The highest BCUT2D eigenvalue weighted by Gasteiger charge is 2.26. The molecule has 0 heterocycles. The Kier molecular flexibility index (Phi) is 3.69. The van der Waals surface area contributed by atoms with Crippen molar-refractivity contribution in [1.29, 1.82) is 0 Å². The Hall–Kier alpha value is -0.820. The van der Waals surface area contributed by atoms with Crippen molar-refractivity contribution < 1.29 is 0 Å². The van der Waals surface area contributed by atoms with Gasteiger partial charge in [0.25, 0.3) is 0 Å². The quantitative estimate of drug-likeness (QED) is 0.834. The lowest BCUT2D eigenvalue weighted by molar-refractivity contribution is 0.300. The second-order valence-corrected chi connectivity index (χ2v) is 6.32. The molecular formula is C17H25N. The number of hydrogen-bond acceptors (Lipinski definition) is 1. The Morgan fingerprint density at radius 1 is 1.11 bits per heavy atom. The molecule has 1 nitrogen and oxygen atoms in total. The zero-order chi connectivity index (χ0) is 12.4. The van der Waals surface area contributed by atoms with E-state index in [0.717, 1.165) is 24.4 Å². The first-order chi connectivity index (χ1) is 8.83. The van der Waals surface area contributed by atoms with Crippen molar-refractivity contribution in [2.75, 3.05) is 0 Å². The molecule has 1 heteroatoms. The van der Waals surface area contributed by atoms with Crippen LogP contribution in [0.2, 0.25) is 0 Å². The zero-order valence-electron chi connectivity index (χ0n) is 11.5. The zero-order valence-corrected chi connectivity index (χ0v) is 11.5. The molecule has 2 saturated carbocycles. The average Bonchev–Trinajstić information content (AvgIpc) is 3.21. The van der Waals surface area contributed by atoms with Crippen LogP contribution in [0.4, 0.5) is 0 Å². The smallest absolute Gasteiger partial charge is 0.0210 e. The second-order valence-electron chi connectivity index (χ2n) is 6.32. The summed E-state index contributed by atoms with van der Waals surface area (Å²) in [5.41, 5.74) is 3.15. The summed E-state index contributed by atoms with van der Waals surface area (Å²) in [4.78, 5) is 0. The van der Waals surface area contributed by atoms with E-state index in [1.165, 1.54) is 38.5 Å². The number of hydrogen-bond donors (Lipinski definition) is 1. The molecule has 18 heavy (non-hydrogen) atoms. The van der Waals surface area contributed by atoms with Crippen molar-refractivity contribution in [3.63, 3.8) is 0 Å². The molecule has 2 atom stereocenters. The Bertz CT molecular complexity index is 394. The molecule has 1 N–H and O–H groups in total. The molecule has 1 aromatic carbocycles. The van der Waals surface area contributed by atoms with Gasteiger partial charge in [-0.1, -0.05) is 44.0 Å². The SMILES string of the molecule is CC1CCCC(NCc2ccccc2C2CC2)C1. The lowest BCUT2D eigenvalue weighted by atomic mass is 9.87. The van der Waals surface area contributed by atoms with Gasteiger partial charge in [0.1, 0.15) is 0 Å². The summed E-state index contributed by atoms with van der Waals surface area (Å²) in [5, 5.41) is 3.79. The predicted octanol–water partition coefficient (Wildman–Crippen LogP) is 4.23. The van der Waals surface area contributed by atoms with Gasteiger partial charge in [-0.3, -0.25) is 0 Å². The number of rotatable bonds is 4.